The van der Waals surface area contributed by atoms with Crippen molar-refractivity contribution in [3.63, 3.8) is 0 Å². The van der Waals surface area contributed by atoms with E-state index in [-0.39, 0.29) is 22.0 Å². The van der Waals surface area contributed by atoms with Gasteiger partial charge in [0.1, 0.15) is 11.6 Å². The fourth-order valence-corrected chi connectivity index (χ4v) is 4.61. The van der Waals surface area contributed by atoms with Crippen LogP contribution in [0.15, 0.2) is 42.5 Å². The number of amides is 1. The van der Waals surface area contributed by atoms with Crippen molar-refractivity contribution in [2.75, 3.05) is 12.4 Å². The second-order valence-electron chi connectivity index (χ2n) is 6.49. The Morgan fingerprint density at radius 2 is 2.00 bits per heavy atom. The molecule has 11 heteroatoms. The van der Waals surface area contributed by atoms with Crippen LogP contribution in [0.3, 0.4) is 0 Å². The molecule has 0 spiro atoms. The molecule has 154 valence electrons. The lowest BCUT2D eigenvalue weighted by Gasteiger charge is -2.12. The highest BCUT2D eigenvalue weighted by Crippen LogP contribution is 2.33. The van der Waals surface area contributed by atoms with Crippen LogP contribution in [-0.4, -0.2) is 31.9 Å². The molecule has 1 atom stereocenters. The van der Waals surface area contributed by atoms with Crippen molar-refractivity contribution in [2.24, 2.45) is 0 Å². The number of carbonyl (C=O) groups is 1. The molecule has 2 aromatic carbocycles. The third-order valence-corrected chi connectivity index (χ3v) is 6.16. The number of non-ortho nitro benzene ring substituents is 1. The summed E-state index contributed by atoms with van der Waals surface area (Å²) >= 11 is 6.10. The van der Waals surface area contributed by atoms with Gasteiger partial charge in [-0.25, -0.2) is 4.68 Å². The van der Waals surface area contributed by atoms with E-state index in [9.17, 15) is 19.1 Å². The normalized spacial score (nSPS) is 14.9. The number of ether oxygens (including phenoxy) is 1. The van der Waals surface area contributed by atoms with E-state index >= 15 is 0 Å². The maximum Gasteiger partial charge on any atom is 0.270 e. The molecule has 0 bridgehead atoms. The number of hydrogen-bond donors (Lipinski definition) is 1. The molecule has 0 fully saturated rings. The Hall–Kier alpha value is -3.24. The highest BCUT2D eigenvalue weighted by Gasteiger charge is 2.29. The van der Waals surface area contributed by atoms with E-state index in [0.29, 0.717) is 34.3 Å². The summed E-state index contributed by atoms with van der Waals surface area (Å²) in [4.78, 5) is 23.4. The minimum Gasteiger partial charge on any atom is -0.497 e. The molecule has 1 aliphatic heterocycles. The fraction of sp³-hybridized carbons (Fsp3) is 0.158. The van der Waals surface area contributed by atoms with Crippen LogP contribution in [0.4, 0.5) is 11.5 Å². The van der Waals surface area contributed by atoms with Crippen LogP contribution in [0, 0.1) is 10.1 Å². The maximum absolute atomic E-state index is 12.9. The standard InChI is InChI=1S/C19H15ClN4O5S/c1-29-13-5-2-11(3-6-13)23-18(15-9-30(28)10-17(15)22-23)21-19(25)14-8-12(24(26)27)4-7-16(14)20/h2-8H,9-10H2,1H3,(H,21,25)/t30-/m0/s1. The number of benzene rings is 2. The van der Waals surface area contributed by atoms with E-state index in [4.69, 9.17) is 16.3 Å². The first-order valence-corrected chi connectivity index (χ1v) is 10.6. The van der Waals surface area contributed by atoms with Crippen molar-refractivity contribution >= 4 is 39.8 Å². The number of nitrogens with zero attached hydrogens (tertiary/aromatic N) is 3. The van der Waals surface area contributed by atoms with Gasteiger partial charge in [-0.05, 0) is 30.3 Å². The number of nitrogens with one attached hydrogen (secondary N) is 1. The van der Waals surface area contributed by atoms with Crippen molar-refractivity contribution < 1.29 is 18.7 Å². The third kappa shape index (κ3) is 3.66. The van der Waals surface area contributed by atoms with Gasteiger partial charge >= 0.3 is 0 Å². The van der Waals surface area contributed by atoms with Gasteiger partial charge in [-0.2, -0.15) is 5.10 Å². The Balaban J connectivity index is 1.75. The van der Waals surface area contributed by atoms with E-state index < -0.39 is 21.6 Å². The lowest BCUT2D eigenvalue weighted by Crippen LogP contribution is -2.17. The van der Waals surface area contributed by atoms with Gasteiger partial charge in [0, 0.05) is 28.5 Å². The molecule has 1 N–H and O–H groups in total. The number of nitro groups is 1. The molecule has 1 aromatic heterocycles. The van der Waals surface area contributed by atoms with E-state index in [1.54, 1.807) is 36.1 Å². The monoisotopic (exact) mass is 446 g/mol. The van der Waals surface area contributed by atoms with Crippen LogP contribution in [0.1, 0.15) is 21.6 Å². The predicted octanol–water partition coefficient (Wildman–Crippen LogP) is 3.46. The zero-order chi connectivity index (χ0) is 21.4. The average Bonchev–Trinajstić information content (AvgIpc) is 3.25. The molecular formula is C19H15ClN4O5S. The number of carbonyl (C=O) groups excluding carboxylic acids is 1. The molecule has 0 saturated carbocycles. The van der Waals surface area contributed by atoms with Crippen LogP contribution in [0.5, 0.6) is 5.75 Å². The second-order valence-corrected chi connectivity index (χ2v) is 8.35. The summed E-state index contributed by atoms with van der Waals surface area (Å²) in [5.41, 5.74) is 1.67. The molecule has 9 nitrogen and oxygen atoms in total. The van der Waals surface area contributed by atoms with E-state index in [1.807, 2.05) is 0 Å². The third-order valence-electron chi connectivity index (χ3n) is 4.62. The predicted molar refractivity (Wildman–Crippen MR) is 112 cm³/mol. The van der Waals surface area contributed by atoms with Crippen molar-refractivity contribution in [1.29, 1.82) is 0 Å². The molecule has 0 radical (unpaired) electrons. The smallest absolute Gasteiger partial charge is 0.270 e. The topological polar surface area (TPSA) is 116 Å². The first-order chi connectivity index (χ1) is 14.4. The Morgan fingerprint density at radius 1 is 1.27 bits per heavy atom. The first kappa shape index (κ1) is 20.0. The SMILES string of the molecule is COc1ccc(-n2nc3c(c2NC(=O)c2cc([N+](=O)[O-])ccc2Cl)C[S@](=O)C3)cc1. The summed E-state index contributed by atoms with van der Waals surface area (Å²) in [5.74, 6) is 0.934. The quantitative estimate of drug-likeness (QED) is 0.474. The number of nitro benzene ring substituents is 1. The molecule has 4 rings (SSSR count). The molecule has 1 amide bonds. The summed E-state index contributed by atoms with van der Waals surface area (Å²) in [6.45, 7) is 0. The van der Waals surface area contributed by atoms with Gasteiger partial charge in [-0.3, -0.25) is 19.1 Å². The van der Waals surface area contributed by atoms with Crippen LogP contribution in [-0.2, 0) is 22.3 Å². The summed E-state index contributed by atoms with van der Waals surface area (Å²) in [7, 11) is 0.452. The number of methoxy groups -OCH3 is 1. The Morgan fingerprint density at radius 3 is 2.67 bits per heavy atom. The number of hydrogen-bond acceptors (Lipinski definition) is 6. The van der Waals surface area contributed by atoms with Crippen molar-refractivity contribution in [3.05, 3.63) is 74.4 Å². The van der Waals surface area contributed by atoms with E-state index in [2.05, 4.69) is 10.4 Å². The van der Waals surface area contributed by atoms with Crippen LogP contribution < -0.4 is 10.1 Å². The highest BCUT2D eigenvalue weighted by molar-refractivity contribution is 7.83. The summed E-state index contributed by atoms with van der Waals surface area (Å²) in [6.07, 6.45) is 0. The van der Waals surface area contributed by atoms with Crippen molar-refractivity contribution in [3.8, 4) is 11.4 Å². The molecule has 0 saturated heterocycles. The molecule has 30 heavy (non-hydrogen) atoms. The van der Waals surface area contributed by atoms with Gasteiger partial charge in [0.25, 0.3) is 11.6 Å². The van der Waals surface area contributed by atoms with Gasteiger partial charge in [0.15, 0.2) is 0 Å². The minimum atomic E-state index is -1.10. The Kier molecular flexibility index (Phi) is 5.27. The number of fused-ring (bicyclic) bond motifs is 1. The molecular weight excluding hydrogens is 432 g/mol. The summed E-state index contributed by atoms with van der Waals surface area (Å²) < 4.78 is 18.7. The van der Waals surface area contributed by atoms with Gasteiger partial charge < -0.3 is 10.1 Å². The van der Waals surface area contributed by atoms with Gasteiger partial charge in [-0.1, -0.05) is 11.6 Å². The average molecular weight is 447 g/mol. The molecule has 3 aromatic rings. The molecule has 0 unspecified atom stereocenters. The maximum atomic E-state index is 12.9. The lowest BCUT2D eigenvalue weighted by molar-refractivity contribution is -0.384. The molecule has 1 aliphatic rings. The number of rotatable bonds is 5. The largest absolute Gasteiger partial charge is 0.497 e. The van der Waals surface area contributed by atoms with Crippen molar-refractivity contribution in [1.82, 2.24) is 9.78 Å². The van der Waals surface area contributed by atoms with Crippen LogP contribution in [0.2, 0.25) is 5.02 Å². The Bertz CT molecular complexity index is 1190. The fourth-order valence-electron chi connectivity index (χ4n) is 3.14. The summed E-state index contributed by atoms with van der Waals surface area (Å²) in [5, 5.41) is 18.4. The van der Waals surface area contributed by atoms with E-state index in [0.717, 1.165) is 6.07 Å². The first-order valence-electron chi connectivity index (χ1n) is 8.73. The number of aromatic nitrogens is 2. The number of halogens is 1. The van der Waals surface area contributed by atoms with Crippen LogP contribution in [0.25, 0.3) is 5.69 Å². The Labute approximate surface area is 178 Å². The summed E-state index contributed by atoms with van der Waals surface area (Å²) in [6, 6.07) is 10.7. The number of anilines is 1. The van der Waals surface area contributed by atoms with Gasteiger partial charge in [0.2, 0.25) is 0 Å². The van der Waals surface area contributed by atoms with Crippen LogP contribution >= 0.6 is 11.6 Å². The van der Waals surface area contributed by atoms with Crippen molar-refractivity contribution in [2.45, 2.75) is 11.5 Å². The molecule has 2 heterocycles. The lowest BCUT2D eigenvalue weighted by atomic mass is 10.2. The van der Waals surface area contributed by atoms with Gasteiger partial charge in [-0.15, -0.1) is 0 Å². The zero-order valence-electron chi connectivity index (χ0n) is 15.6. The highest BCUT2D eigenvalue weighted by atomic mass is 35.5. The second kappa shape index (κ2) is 7.88. The van der Waals surface area contributed by atoms with E-state index in [1.165, 1.54) is 12.1 Å². The van der Waals surface area contributed by atoms with Gasteiger partial charge in [0.05, 0.1) is 45.5 Å². The zero-order valence-corrected chi connectivity index (χ0v) is 17.2. The minimum absolute atomic E-state index is 0.0405. The molecule has 0 aliphatic carbocycles.